The van der Waals surface area contributed by atoms with Crippen molar-refractivity contribution in [2.45, 2.75) is 50.7 Å². The number of ether oxygens (including phenoxy) is 1. The van der Waals surface area contributed by atoms with Gasteiger partial charge in [-0.3, -0.25) is 0 Å². The molecule has 0 bridgehead atoms. The molecule has 1 aromatic rings. The lowest BCUT2D eigenvalue weighted by molar-refractivity contribution is -0.0595. The second-order valence-electron chi connectivity index (χ2n) is 5.32. The van der Waals surface area contributed by atoms with Gasteiger partial charge < -0.3 is 10.5 Å². The van der Waals surface area contributed by atoms with Gasteiger partial charge in [-0.25, -0.2) is 4.39 Å². The molecule has 0 spiro atoms. The van der Waals surface area contributed by atoms with Gasteiger partial charge in [0.15, 0.2) is 0 Å². The van der Waals surface area contributed by atoms with Crippen LogP contribution in [-0.2, 0) is 4.74 Å². The van der Waals surface area contributed by atoms with Crippen molar-refractivity contribution in [2.24, 2.45) is 5.73 Å². The van der Waals surface area contributed by atoms with Gasteiger partial charge in [0, 0.05) is 7.11 Å². The maximum absolute atomic E-state index is 13.3. The molecule has 2 N–H and O–H groups in total. The highest BCUT2D eigenvalue weighted by atomic mass is 19.1. The fourth-order valence-corrected chi connectivity index (χ4v) is 2.96. The third-order valence-electron chi connectivity index (χ3n) is 4.21. The Labute approximate surface area is 108 Å². The molecule has 3 heteroatoms. The van der Waals surface area contributed by atoms with Crippen LogP contribution in [0.2, 0.25) is 0 Å². The lowest BCUT2D eigenvalue weighted by Crippen LogP contribution is -2.44. The lowest BCUT2D eigenvalue weighted by atomic mass is 9.77. The van der Waals surface area contributed by atoms with Crippen molar-refractivity contribution in [1.82, 2.24) is 0 Å². The summed E-state index contributed by atoms with van der Waals surface area (Å²) in [6.07, 6.45) is 5.53. The van der Waals surface area contributed by atoms with E-state index in [2.05, 4.69) is 0 Å². The minimum absolute atomic E-state index is 0.179. The summed E-state index contributed by atoms with van der Waals surface area (Å²) >= 11 is 0. The van der Waals surface area contributed by atoms with Gasteiger partial charge in [0.1, 0.15) is 5.82 Å². The van der Waals surface area contributed by atoms with Gasteiger partial charge in [-0.2, -0.15) is 0 Å². The molecule has 0 heterocycles. The van der Waals surface area contributed by atoms with Crippen molar-refractivity contribution < 1.29 is 9.13 Å². The van der Waals surface area contributed by atoms with E-state index in [1.165, 1.54) is 12.5 Å². The van der Waals surface area contributed by atoms with Crippen LogP contribution in [0.4, 0.5) is 4.39 Å². The van der Waals surface area contributed by atoms with E-state index in [1.54, 1.807) is 20.1 Å². The summed E-state index contributed by atoms with van der Waals surface area (Å²) in [5, 5.41) is 0. The summed E-state index contributed by atoms with van der Waals surface area (Å²) in [4.78, 5) is 0. The highest BCUT2D eigenvalue weighted by Crippen LogP contribution is 2.39. The zero-order valence-electron chi connectivity index (χ0n) is 11.2. The molecule has 18 heavy (non-hydrogen) atoms. The van der Waals surface area contributed by atoms with Gasteiger partial charge in [-0.15, -0.1) is 0 Å². The highest BCUT2D eigenvalue weighted by Gasteiger charge is 2.38. The molecule has 2 nitrogen and oxygen atoms in total. The second-order valence-corrected chi connectivity index (χ2v) is 5.32. The smallest absolute Gasteiger partial charge is 0.126 e. The Bertz CT molecular complexity index is 413. The SMILES string of the molecule is COC1(C(N)c2ccc(F)c(C)c2)CCCCC1. The molecule has 100 valence electrons. The molecule has 0 aliphatic heterocycles. The number of halogens is 1. The molecule has 1 aliphatic rings. The molecule has 0 aromatic heterocycles. The molecule has 1 aliphatic carbocycles. The van der Waals surface area contributed by atoms with Crippen LogP contribution in [0, 0.1) is 12.7 Å². The largest absolute Gasteiger partial charge is 0.376 e. The molecule has 0 radical (unpaired) electrons. The van der Waals surface area contributed by atoms with Gasteiger partial charge in [0.05, 0.1) is 11.6 Å². The number of benzene rings is 1. The fourth-order valence-electron chi connectivity index (χ4n) is 2.96. The van der Waals surface area contributed by atoms with E-state index in [9.17, 15) is 4.39 Å². The van der Waals surface area contributed by atoms with Crippen molar-refractivity contribution in [3.63, 3.8) is 0 Å². The zero-order valence-corrected chi connectivity index (χ0v) is 11.2. The normalized spacial score (nSPS) is 20.7. The first-order chi connectivity index (χ1) is 8.59. The third-order valence-corrected chi connectivity index (χ3v) is 4.21. The van der Waals surface area contributed by atoms with Crippen LogP contribution in [0.25, 0.3) is 0 Å². The summed E-state index contributed by atoms with van der Waals surface area (Å²) in [5.74, 6) is -0.180. The van der Waals surface area contributed by atoms with Crippen LogP contribution in [0.5, 0.6) is 0 Å². The molecule has 1 unspecified atom stereocenters. The van der Waals surface area contributed by atoms with Gasteiger partial charge >= 0.3 is 0 Å². The Morgan fingerprint density at radius 3 is 2.50 bits per heavy atom. The van der Waals surface area contributed by atoms with E-state index >= 15 is 0 Å². The summed E-state index contributed by atoms with van der Waals surface area (Å²) in [6.45, 7) is 1.77. The molecule has 0 saturated heterocycles. The topological polar surface area (TPSA) is 35.2 Å². The molecule has 1 fully saturated rings. The van der Waals surface area contributed by atoms with Crippen LogP contribution in [0.3, 0.4) is 0 Å². The van der Waals surface area contributed by atoms with Crippen LogP contribution < -0.4 is 5.73 Å². The summed E-state index contributed by atoms with van der Waals surface area (Å²) < 4.78 is 19.1. The molecule has 1 atom stereocenters. The highest BCUT2D eigenvalue weighted by molar-refractivity contribution is 5.28. The van der Waals surface area contributed by atoms with Gasteiger partial charge in [-0.05, 0) is 37.0 Å². The molecule has 1 saturated carbocycles. The summed E-state index contributed by atoms with van der Waals surface area (Å²) in [5.41, 5.74) is 7.73. The zero-order chi connectivity index (χ0) is 13.2. The maximum Gasteiger partial charge on any atom is 0.126 e. The van der Waals surface area contributed by atoms with Gasteiger partial charge in [0.25, 0.3) is 0 Å². The van der Waals surface area contributed by atoms with Crippen molar-refractivity contribution in [3.05, 3.63) is 35.1 Å². The Morgan fingerprint density at radius 1 is 1.28 bits per heavy atom. The first kappa shape index (κ1) is 13.5. The van der Waals surface area contributed by atoms with Gasteiger partial charge in [-0.1, -0.05) is 31.4 Å². The molecule has 0 amide bonds. The molecular weight excluding hydrogens is 229 g/mol. The van der Waals surface area contributed by atoms with Crippen molar-refractivity contribution in [3.8, 4) is 0 Å². The quantitative estimate of drug-likeness (QED) is 0.892. The Kier molecular flexibility index (Phi) is 4.03. The number of methoxy groups -OCH3 is 1. The average molecular weight is 251 g/mol. The molecular formula is C15H22FNO. The number of nitrogens with two attached hydrogens (primary N) is 1. The Balaban J connectivity index is 2.27. The van der Waals surface area contributed by atoms with Gasteiger partial charge in [0.2, 0.25) is 0 Å². The van der Waals surface area contributed by atoms with Crippen molar-refractivity contribution in [2.75, 3.05) is 7.11 Å². The summed E-state index contributed by atoms with van der Waals surface area (Å²) in [7, 11) is 1.74. The first-order valence-electron chi connectivity index (χ1n) is 6.66. The molecule has 2 rings (SSSR count). The van der Waals surface area contributed by atoms with Crippen LogP contribution in [-0.4, -0.2) is 12.7 Å². The van der Waals surface area contributed by atoms with E-state index in [4.69, 9.17) is 10.5 Å². The third kappa shape index (κ3) is 2.43. The first-order valence-corrected chi connectivity index (χ1v) is 6.66. The number of hydrogen-bond acceptors (Lipinski definition) is 2. The van der Waals surface area contributed by atoms with E-state index in [1.807, 2.05) is 6.07 Å². The fraction of sp³-hybridized carbons (Fsp3) is 0.600. The average Bonchev–Trinajstić information content (AvgIpc) is 2.42. The number of rotatable bonds is 3. The Morgan fingerprint density at radius 2 is 1.94 bits per heavy atom. The van der Waals surface area contributed by atoms with Crippen molar-refractivity contribution >= 4 is 0 Å². The Hall–Kier alpha value is -0.930. The minimum Gasteiger partial charge on any atom is -0.376 e. The minimum atomic E-state index is -0.275. The number of aryl methyl sites for hydroxylation is 1. The predicted octanol–water partition coefficient (Wildman–Crippen LogP) is 3.48. The molecule has 1 aromatic carbocycles. The maximum atomic E-state index is 13.3. The summed E-state index contributed by atoms with van der Waals surface area (Å²) in [6, 6.07) is 4.94. The van der Waals surface area contributed by atoms with Crippen LogP contribution in [0.1, 0.15) is 49.3 Å². The van der Waals surface area contributed by atoms with E-state index < -0.39 is 0 Å². The standard InChI is InChI=1S/C15H22FNO/c1-11-10-12(6-7-13(11)16)14(17)15(18-2)8-4-3-5-9-15/h6-7,10,14H,3-5,8-9,17H2,1-2H3. The predicted molar refractivity (Wildman–Crippen MR) is 70.9 cm³/mol. The van der Waals surface area contributed by atoms with E-state index in [0.29, 0.717) is 5.56 Å². The van der Waals surface area contributed by atoms with Crippen LogP contribution in [0.15, 0.2) is 18.2 Å². The van der Waals surface area contributed by atoms with Crippen LogP contribution >= 0.6 is 0 Å². The second kappa shape index (κ2) is 5.37. The lowest BCUT2D eigenvalue weighted by Gasteiger charge is -2.41. The van der Waals surface area contributed by atoms with E-state index in [-0.39, 0.29) is 17.5 Å². The monoisotopic (exact) mass is 251 g/mol. The van der Waals surface area contributed by atoms with E-state index in [0.717, 1.165) is 31.2 Å². The number of hydrogen-bond donors (Lipinski definition) is 1. The van der Waals surface area contributed by atoms with Crippen molar-refractivity contribution in [1.29, 1.82) is 0 Å².